The second-order valence-electron chi connectivity index (χ2n) is 5.90. The van der Waals surface area contributed by atoms with Crippen LogP contribution in [0.4, 0.5) is 0 Å². The molecule has 0 N–H and O–H groups in total. The van der Waals surface area contributed by atoms with Crippen LogP contribution in [-0.4, -0.2) is 12.6 Å². The lowest BCUT2D eigenvalue weighted by Gasteiger charge is -2.09. The van der Waals surface area contributed by atoms with Crippen molar-refractivity contribution >= 4 is 5.97 Å². The smallest absolute Gasteiger partial charge is 0.349 e. The molecule has 0 aliphatic carbocycles. The third-order valence-corrected chi connectivity index (χ3v) is 3.87. The van der Waals surface area contributed by atoms with Crippen LogP contribution in [0.25, 0.3) is 0 Å². The minimum absolute atomic E-state index is 0.148. The summed E-state index contributed by atoms with van der Waals surface area (Å²) in [5, 5.41) is 0. The highest BCUT2D eigenvalue weighted by Crippen LogP contribution is 2.23. The van der Waals surface area contributed by atoms with Crippen molar-refractivity contribution in [3.05, 3.63) is 83.9 Å². The van der Waals surface area contributed by atoms with E-state index in [2.05, 4.69) is 0 Å². The minimum Gasteiger partial charge on any atom is -0.482 e. The average Bonchev–Trinajstić information content (AvgIpc) is 2.65. The molecule has 3 aromatic rings. The fourth-order valence-corrected chi connectivity index (χ4v) is 2.31. The summed E-state index contributed by atoms with van der Waals surface area (Å²) >= 11 is 0. The first kappa shape index (κ1) is 17.5. The van der Waals surface area contributed by atoms with E-state index < -0.39 is 5.97 Å². The Kier molecular flexibility index (Phi) is 5.54. The standard InChI is InChI=1S/C22H20O4/c1-16-8-9-21(14-17(16)2)24-15-22(23)26-20-12-10-19(11-13-20)25-18-6-4-3-5-7-18/h3-14H,15H2,1-2H3. The Labute approximate surface area is 153 Å². The van der Waals surface area contributed by atoms with Gasteiger partial charge < -0.3 is 14.2 Å². The van der Waals surface area contributed by atoms with E-state index in [4.69, 9.17) is 14.2 Å². The van der Waals surface area contributed by atoms with Crippen LogP contribution < -0.4 is 14.2 Å². The van der Waals surface area contributed by atoms with Crippen LogP contribution in [0, 0.1) is 13.8 Å². The summed E-state index contributed by atoms with van der Waals surface area (Å²) < 4.78 is 16.5. The van der Waals surface area contributed by atoms with Gasteiger partial charge in [-0.15, -0.1) is 0 Å². The summed E-state index contributed by atoms with van der Waals surface area (Å²) in [6.07, 6.45) is 0. The first-order valence-electron chi connectivity index (χ1n) is 8.34. The lowest BCUT2D eigenvalue weighted by Crippen LogP contribution is -2.17. The monoisotopic (exact) mass is 348 g/mol. The number of carbonyl (C=O) groups is 1. The molecule has 4 heteroatoms. The number of para-hydroxylation sites is 1. The molecule has 0 bridgehead atoms. The summed E-state index contributed by atoms with van der Waals surface area (Å²) in [4.78, 5) is 11.9. The Balaban J connectivity index is 1.51. The largest absolute Gasteiger partial charge is 0.482 e. The number of aryl methyl sites for hydroxylation is 2. The topological polar surface area (TPSA) is 44.8 Å². The van der Waals surface area contributed by atoms with Crippen LogP contribution in [0.2, 0.25) is 0 Å². The molecule has 0 saturated heterocycles. The highest BCUT2D eigenvalue weighted by Gasteiger charge is 2.07. The molecule has 0 saturated carbocycles. The number of benzene rings is 3. The van der Waals surface area contributed by atoms with E-state index in [1.165, 1.54) is 5.56 Å². The van der Waals surface area contributed by atoms with Crippen molar-refractivity contribution in [2.45, 2.75) is 13.8 Å². The molecule has 0 aromatic heterocycles. The molecule has 0 spiro atoms. The number of esters is 1. The Morgan fingerprint density at radius 2 is 1.35 bits per heavy atom. The maximum absolute atomic E-state index is 11.9. The quantitative estimate of drug-likeness (QED) is 0.460. The number of ether oxygens (including phenoxy) is 3. The molecule has 0 radical (unpaired) electrons. The SMILES string of the molecule is Cc1ccc(OCC(=O)Oc2ccc(Oc3ccccc3)cc2)cc1C. The van der Waals surface area contributed by atoms with Crippen molar-refractivity contribution in [2.24, 2.45) is 0 Å². The van der Waals surface area contributed by atoms with Crippen molar-refractivity contribution in [3.8, 4) is 23.0 Å². The summed E-state index contributed by atoms with van der Waals surface area (Å²) in [6.45, 7) is 3.88. The molecular formula is C22H20O4. The van der Waals surface area contributed by atoms with Crippen LogP contribution in [0.1, 0.15) is 11.1 Å². The van der Waals surface area contributed by atoms with Crippen LogP contribution in [-0.2, 0) is 4.79 Å². The highest BCUT2D eigenvalue weighted by atomic mass is 16.6. The van der Waals surface area contributed by atoms with Gasteiger partial charge in [-0.1, -0.05) is 24.3 Å². The van der Waals surface area contributed by atoms with Gasteiger partial charge in [0.25, 0.3) is 0 Å². The molecule has 3 rings (SSSR count). The van der Waals surface area contributed by atoms with E-state index in [9.17, 15) is 4.79 Å². The summed E-state index contributed by atoms with van der Waals surface area (Å²) in [5.41, 5.74) is 2.29. The molecule has 26 heavy (non-hydrogen) atoms. The van der Waals surface area contributed by atoms with Crippen molar-refractivity contribution in [3.63, 3.8) is 0 Å². The van der Waals surface area contributed by atoms with Crippen molar-refractivity contribution in [1.29, 1.82) is 0 Å². The molecule has 0 amide bonds. The van der Waals surface area contributed by atoms with Crippen molar-refractivity contribution in [1.82, 2.24) is 0 Å². The second-order valence-corrected chi connectivity index (χ2v) is 5.90. The van der Waals surface area contributed by atoms with Gasteiger partial charge in [-0.05, 0) is 73.5 Å². The first-order valence-corrected chi connectivity index (χ1v) is 8.34. The third kappa shape index (κ3) is 4.86. The molecule has 0 unspecified atom stereocenters. The number of hydrogen-bond acceptors (Lipinski definition) is 4. The average molecular weight is 348 g/mol. The maximum Gasteiger partial charge on any atom is 0.349 e. The Bertz CT molecular complexity index is 870. The number of carbonyl (C=O) groups excluding carboxylic acids is 1. The van der Waals surface area contributed by atoms with E-state index in [1.54, 1.807) is 24.3 Å². The van der Waals surface area contributed by atoms with Crippen molar-refractivity contribution in [2.75, 3.05) is 6.61 Å². The second kappa shape index (κ2) is 8.21. The molecule has 0 aliphatic rings. The van der Waals surface area contributed by atoms with Gasteiger partial charge in [0.2, 0.25) is 0 Å². The van der Waals surface area contributed by atoms with Crippen LogP contribution in [0.15, 0.2) is 72.8 Å². The highest BCUT2D eigenvalue weighted by molar-refractivity contribution is 5.74. The van der Waals surface area contributed by atoms with E-state index in [-0.39, 0.29) is 6.61 Å². The lowest BCUT2D eigenvalue weighted by atomic mass is 10.1. The van der Waals surface area contributed by atoms with E-state index in [0.717, 1.165) is 11.3 Å². The van der Waals surface area contributed by atoms with Gasteiger partial charge in [0.05, 0.1) is 0 Å². The van der Waals surface area contributed by atoms with Crippen LogP contribution >= 0.6 is 0 Å². The van der Waals surface area contributed by atoms with Gasteiger partial charge >= 0.3 is 5.97 Å². The summed E-state index contributed by atoms with van der Waals surface area (Å²) in [5.74, 6) is 2.05. The lowest BCUT2D eigenvalue weighted by molar-refractivity contribution is -0.136. The molecule has 4 nitrogen and oxygen atoms in total. The van der Waals surface area contributed by atoms with Gasteiger partial charge in [-0.2, -0.15) is 0 Å². The Morgan fingerprint density at radius 1 is 0.731 bits per heavy atom. The first-order chi connectivity index (χ1) is 12.6. The fourth-order valence-electron chi connectivity index (χ4n) is 2.31. The van der Waals surface area contributed by atoms with E-state index in [0.29, 0.717) is 17.2 Å². The number of hydrogen-bond donors (Lipinski definition) is 0. The zero-order valence-electron chi connectivity index (χ0n) is 14.8. The predicted octanol–water partition coefficient (Wildman–Crippen LogP) is 5.08. The molecule has 132 valence electrons. The van der Waals surface area contributed by atoms with E-state index >= 15 is 0 Å². The van der Waals surface area contributed by atoms with Gasteiger partial charge in [0.1, 0.15) is 23.0 Å². The predicted molar refractivity (Wildman–Crippen MR) is 100 cm³/mol. The van der Waals surface area contributed by atoms with E-state index in [1.807, 2.05) is 62.4 Å². The molecular weight excluding hydrogens is 328 g/mol. The normalized spacial score (nSPS) is 10.2. The fraction of sp³-hybridized carbons (Fsp3) is 0.136. The number of rotatable bonds is 6. The van der Waals surface area contributed by atoms with Crippen molar-refractivity contribution < 1.29 is 19.0 Å². The van der Waals surface area contributed by atoms with Gasteiger partial charge in [-0.3, -0.25) is 0 Å². The molecule has 0 aliphatic heterocycles. The van der Waals surface area contributed by atoms with Gasteiger partial charge in [0, 0.05) is 0 Å². The molecule has 0 heterocycles. The third-order valence-electron chi connectivity index (χ3n) is 3.87. The van der Waals surface area contributed by atoms with Gasteiger partial charge in [-0.25, -0.2) is 4.79 Å². The molecule has 0 atom stereocenters. The Morgan fingerprint density at radius 3 is 2.04 bits per heavy atom. The van der Waals surface area contributed by atoms with Crippen LogP contribution in [0.3, 0.4) is 0 Å². The van der Waals surface area contributed by atoms with Crippen LogP contribution in [0.5, 0.6) is 23.0 Å². The molecule has 3 aromatic carbocycles. The zero-order chi connectivity index (χ0) is 18.4. The summed E-state index contributed by atoms with van der Waals surface area (Å²) in [6, 6.07) is 22.1. The summed E-state index contributed by atoms with van der Waals surface area (Å²) in [7, 11) is 0. The molecule has 0 fully saturated rings. The minimum atomic E-state index is -0.458. The Hall–Kier alpha value is -3.27. The zero-order valence-corrected chi connectivity index (χ0v) is 14.8. The maximum atomic E-state index is 11.9. The van der Waals surface area contributed by atoms with Gasteiger partial charge in [0.15, 0.2) is 6.61 Å².